The highest BCUT2D eigenvalue weighted by molar-refractivity contribution is 7.17. The molecule has 0 spiro atoms. The first-order chi connectivity index (χ1) is 11.5. The summed E-state index contributed by atoms with van der Waals surface area (Å²) in [4.78, 5) is 25.4. The molecule has 2 aromatic rings. The number of primary amides is 1. The van der Waals surface area contributed by atoms with Gasteiger partial charge in [-0.05, 0) is 62.9 Å². The Kier molecular flexibility index (Phi) is 4.57. The number of fused-ring (bicyclic) bond motifs is 1. The van der Waals surface area contributed by atoms with E-state index >= 15 is 0 Å². The second-order valence-corrected chi connectivity index (χ2v) is 7.18. The zero-order valence-electron chi connectivity index (χ0n) is 13.7. The van der Waals surface area contributed by atoms with Gasteiger partial charge in [-0.3, -0.25) is 9.59 Å². The van der Waals surface area contributed by atoms with Gasteiger partial charge in [0.05, 0.1) is 11.7 Å². The normalized spacial score (nSPS) is 13.0. The van der Waals surface area contributed by atoms with E-state index in [4.69, 9.17) is 10.5 Å². The monoisotopic (exact) mass is 344 g/mol. The van der Waals surface area contributed by atoms with Crippen LogP contribution in [-0.2, 0) is 12.8 Å². The van der Waals surface area contributed by atoms with E-state index in [0.717, 1.165) is 35.5 Å². The fourth-order valence-corrected chi connectivity index (χ4v) is 4.18. The van der Waals surface area contributed by atoms with Gasteiger partial charge in [-0.25, -0.2) is 0 Å². The lowest BCUT2D eigenvalue weighted by Gasteiger charge is -2.10. The van der Waals surface area contributed by atoms with Crippen molar-refractivity contribution in [2.75, 3.05) is 5.32 Å². The zero-order chi connectivity index (χ0) is 17.3. The highest BCUT2D eigenvalue weighted by atomic mass is 32.1. The second-order valence-electron chi connectivity index (χ2n) is 6.07. The largest absolute Gasteiger partial charge is 0.491 e. The van der Waals surface area contributed by atoms with Gasteiger partial charge in [0.2, 0.25) is 0 Å². The van der Waals surface area contributed by atoms with Crippen molar-refractivity contribution < 1.29 is 14.3 Å². The maximum Gasteiger partial charge on any atom is 0.256 e. The summed E-state index contributed by atoms with van der Waals surface area (Å²) in [5, 5.41) is 3.39. The van der Waals surface area contributed by atoms with Crippen molar-refractivity contribution in [3.8, 4) is 5.75 Å². The van der Waals surface area contributed by atoms with Gasteiger partial charge < -0.3 is 15.8 Å². The van der Waals surface area contributed by atoms with Crippen molar-refractivity contribution in [1.29, 1.82) is 0 Å². The van der Waals surface area contributed by atoms with Crippen LogP contribution in [0.15, 0.2) is 24.3 Å². The number of ether oxygens (including phenoxy) is 1. The number of hydrogen-bond acceptors (Lipinski definition) is 4. The maximum atomic E-state index is 12.5. The molecule has 5 nitrogen and oxygen atoms in total. The Labute approximate surface area is 144 Å². The summed E-state index contributed by atoms with van der Waals surface area (Å²) in [6.45, 7) is 3.89. The standard InChI is InChI=1S/C18H20N2O3S/c1-10(2)23-12-8-6-11(7-9-12)17(22)20-18-15(16(19)21)13-4-3-5-14(13)24-18/h6-10H,3-5H2,1-2H3,(H2,19,21)(H,20,22). The zero-order valence-corrected chi connectivity index (χ0v) is 14.5. The van der Waals surface area contributed by atoms with E-state index in [-0.39, 0.29) is 12.0 Å². The molecule has 0 saturated heterocycles. The van der Waals surface area contributed by atoms with Gasteiger partial charge in [0.25, 0.3) is 11.8 Å². The van der Waals surface area contributed by atoms with Crippen molar-refractivity contribution in [2.45, 2.75) is 39.2 Å². The molecule has 3 N–H and O–H groups in total. The average molecular weight is 344 g/mol. The van der Waals surface area contributed by atoms with Gasteiger partial charge in [-0.2, -0.15) is 0 Å². The molecule has 2 amide bonds. The molecule has 126 valence electrons. The average Bonchev–Trinajstić information content (AvgIpc) is 3.07. The smallest absolute Gasteiger partial charge is 0.256 e. The Morgan fingerprint density at radius 1 is 1.21 bits per heavy atom. The first-order valence-electron chi connectivity index (χ1n) is 7.98. The third-order valence-electron chi connectivity index (χ3n) is 3.88. The minimum absolute atomic E-state index is 0.0799. The van der Waals surface area contributed by atoms with Crippen LogP contribution in [0.25, 0.3) is 0 Å². The molecule has 6 heteroatoms. The van der Waals surface area contributed by atoms with Crippen LogP contribution < -0.4 is 15.8 Å². The highest BCUT2D eigenvalue weighted by Crippen LogP contribution is 2.39. The van der Waals surface area contributed by atoms with Crippen molar-refractivity contribution in [1.82, 2.24) is 0 Å². The summed E-state index contributed by atoms with van der Waals surface area (Å²) < 4.78 is 5.57. The lowest BCUT2D eigenvalue weighted by Crippen LogP contribution is -2.17. The Balaban J connectivity index is 1.79. The van der Waals surface area contributed by atoms with Gasteiger partial charge in [-0.1, -0.05) is 0 Å². The molecule has 0 bridgehead atoms. The number of nitrogens with two attached hydrogens (primary N) is 1. The summed E-state index contributed by atoms with van der Waals surface area (Å²) in [5.41, 5.74) is 7.50. The summed E-state index contributed by atoms with van der Waals surface area (Å²) >= 11 is 1.45. The number of aryl methyl sites for hydroxylation is 1. The minimum atomic E-state index is -0.481. The lowest BCUT2D eigenvalue weighted by atomic mass is 10.1. The van der Waals surface area contributed by atoms with Gasteiger partial charge in [0.15, 0.2) is 0 Å². The number of thiophene rings is 1. The van der Waals surface area contributed by atoms with Crippen LogP contribution >= 0.6 is 11.3 Å². The van der Waals surface area contributed by atoms with Gasteiger partial charge in [-0.15, -0.1) is 11.3 Å². The molecular weight excluding hydrogens is 324 g/mol. The van der Waals surface area contributed by atoms with Crippen LogP contribution in [0.1, 0.15) is 51.4 Å². The molecule has 24 heavy (non-hydrogen) atoms. The van der Waals surface area contributed by atoms with Crippen LogP contribution in [0.4, 0.5) is 5.00 Å². The molecule has 0 saturated carbocycles. The topological polar surface area (TPSA) is 81.4 Å². The molecule has 1 aromatic carbocycles. The van der Waals surface area contributed by atoms with E-state index in [1.807, 2.05) is 13.8 Å². The molecule has 0 atom stereocenters. The fourth-order valence-electron chi connectivity index (χ4n) is 2.89. The molecule has 0 unspecified atom stereocenters. The number of carbonyl (C=O) groups excluding carboxylic acids is 2. The summed E-state index contributed by atoms with van der Waals surface area (Å²) in [7, 11) is 0. The van der Waals surface area contributed by atoms with Gasteiger partial charge in [0.1, 0.15) is 10.8 Å². The summed E-state index contributed by atoms with van der Waals surface area (Å²) in [6.07, 6.45) is 2.90. The fraction of sp³-hybridized carbons (Fsp3) is 0.333. The van der Waals surface area contributed by atoms with Crippen molar-refractivity contribution in [3.05, 3.63) is 45.8 Å². The van der Waals surface area contributed by atoms with Crippen molar-refractivity contribution >= 4 is 28.2 Å². The Hall–Kier alpha value is -2.34. The van der Waals surface area contributed by atoms with Crippen LogP contribution in [0.5, 0.6) is 5.75 Å². The predicted octanol–water partition coefficient (Wildman–Crippen LogP) is 3.38. The van der Waals surface area contributed by atoms with E-state index in [2.05, 4.69) is 5.32 Å². The maximum absolute atomic E-state index is 12.5. The SMILES string of the molecule is CC(C)Oc1ccc(C(=O)Nc2sc3c(c2C(N)=O)CCC3)cc1. The molecule has 1 aliphatic rings. The molecule has 3 rings (SSSR count). The minimum Gasteiger partial charge on any atom is -0.491 e. The summed E-state index contributed by atoms with van der Waals surface area (Å²) in [5.74, 6) is -0.0200. The predicted molar refractivity (Wildman–Crippen MR) is 95.0 cm³/mol. The van der Waals surface area contributed by atoms with E-state index in [9.17, 15) is 9.59 Å². The first kappa shape index (κ1) is 16.5. The van der Waals surface area contributed by atoms with E-state index < -0.39 is 5.91 Å². The number of carbonyl (C=O) groups is 2. The van der Waals surface area contributed by atoms with Crippen LogP contribution in [0.3, 0.4) is 0 Å². The Morgan fingerprint density at radius 3 is 2.54 bits per heavy atom. The first-order valence-corrected chi connectivity index (χ1v) is 8.79. The number of amides is 2. The van der Waals surface area contributed by atoms with Crippen molar-refractivity contribution in [3.63, 3.8) is 0 Å². The number of hydrogen-bond donors (Lipinski definition) is 2. The summed E-state index contributed by atoms with van der Waals surface area (Å²) in [6, 6.07) is 6.94. The van der Waals surface area contributed by atoms with Crippen molar-refractivity contribution in [2.24, 2.45) is 5.73 Å². The lowest BCUT2D eigenvalue weighted by molar-refractivity contribution is 0.100. The molecule has 1 heterocycles. The van der Waals surface area contributed by atoms with E-state index in [1.54, 1.807) is 24.3 Å². The molecule has 1 aromatic heterocycles. The second kappa shape index (κ2) is 6.65. The number of nitrogens with one attached hydrogen (secondary N) is 1. The quantitative estimate of drug-likeness (QED) is 0.872. The van der Waals surface area contributed by atoms with Crippen LogP contribution in [0.2, 0.25) is 0 Å². The highest BCUT2D eigenvalue weighted by Gasteiger charge is 2.26. The number of rotatable bonds is 5. The molecule has 0 fully saturated rings. The van der Waals surface area contributed by atoms with Gasteiger partial charge in [0, 0.05) is 10.4 Å². The molecule has 0 radical (unpaired) electrons. The molecular formula is C18H20N2O3S. The van der Waals surface area contributed by atoms with Crippen LogP contribution in [0, 0.1) is 0 Å². The van der Waals surface area contributed by atoms with E-state index in [1.165, 1.54) is 11.3 Å². The molecule has 1 aliphatic carbocycles. The molecule has 0 aliphatic heterocycles. The Morgan fingerprint density at radius 2 is 1.92 bits per heavy atom. The number of benzene rings is 1. The van der Waals surface area contributed by atoms with E-state index in [0.29, 0.717) is 16.1 Å². The van der Waals surface area contributed by atoms with Gasteiger partial charge >= 0.3 is 0 Å². The number of anilines is 1. The third-order valence-corrected chi connectivity index (χ3v) is 5.09. The third kappa shape index (κ3) is 3.28. The Bertz CT molecular complexity index is 778. The van der Waals surface area contributed by atoms with Crippen LogP contribution in [-0.4, -0.2) is 17.9 Å².